The van der Waals surface area contributed by atoms with Crippen LogP contribution in [0.4, 0.5) is 0 Å². The summed E-state index contributed by atoms with van der Waals surface area (Å²) in [5.41, 5.74) is 0.631. The summed E-state index contributed by atoms with van der Waals surface area (Å²) < 4.78 is 0. The van der Waals surface area contributed by atoms with E-state index in [-0.39, 0.29) is 0 Å². The fourth-order valence-corrected chi connectivity index (χ4v) is 4.09. The lowest BCUT2D eigenvalue weighted by atomic mass is 9.73. The normalized spacial score (nSPS) is 27.6. The summed E-state index contributed by atoms with van der Waals surface area (Å²) in [5.74, 6) is 2.07. The minimum Gasteiger partial charge on any atom is -0.356 e. The molecule has 3 aliphatic rings. The molecule has 3 heteroatoms. The molecule has 1 saturated heterocycles. The highest BCUT2D eigenvalue weighted by Gasteiger charge is 2.39. The zero-order valence-corrected chi connectivity index (χ0v) is 12.5. The average Bonchev–Trinajstić information content (AvgIpc) is 2.77. The second kappa shape index (κ2) is 5.72. The van der Waals surface area contributed by atoms with Gasteiger partial charge >= 0.3 is 0 Å². The molecule has 0 aromatic carbocycles. The Bertz CT molecular complexity index is 327. The van der Waals surface area contributed by atoms with Crippen LogP contribution in [0.25, 0.3) is 0 Å². The van der Waals surface area contributed by atoms with E-state index in [2.05, 4.69) is 15.2 Å². The van der Waals surface area contributed by atoms with Crippen molar-refractivity contribution in [3.63, 3.8) is 0 Å². The Hall–Kier alpha value is -0.730. The standard InChI is InChI=1S/C16H29N3/c1-17-15(18-12-14-6-5-7-14)19-11-10-16(13-19)8-3-2-4-9-16/h14H,2-13H2,1H3,(H,17,18). The molecule has 3 nitrogen and oxygen atoms in total. The van der Waals surface area contributed by atoms with Crippen LogP contribution in [0.5, 0.6) is 0 Å². The van der Waals surface area contributed by atoms with Gasteiger partial charge < -0.3 is 10.2 Å². The molecule has 2 saturated carbocycles. The Morgan fingerprint density at radius 3 is 2.58 bits per heavy atom. The number of aliphatic imine (C=N–C) groups is 1. The van der Waals surface area contributed by atoms with Gasteiger partial charge in [-0.25, -0.2) is 0 Å². The maximum absolute atomic E-state index is 4.51. The summed E-state index contributed by atoms with van der Waals surface area (Å²) in [5, 5.41) is 3.61. The van der Waals surface area contributed by atoms with Crippen molar-refractivity contribution in [3.8, 4) is 0 Å². The number of rotatable bonds is 2. The van der Waals surface area contributed by atoms with Crippen LogP contribution in [0.15, 0.2) is 4.99 Å². The summed E-state index contributed by atoms with van der Waals surface area (Å²) >= 11 is 0. The van der Waals surface area contributed by atoms with Gasteiger partial charge in [-0.05, 0) is 43.4 Å². The zero-order chi connectivity index (χ0) is 13.1. The molecule has 3 fully saturated rings. The van der Waals surface area contributed by atoms with Gasteiger partial charge in [0.15, 0.2) is 5.96 Å². The molecular weight excluding hydrogens is 234 g/mol. The first-order valence-corrected chi connectivity index (χ1v) is 8.27. The summed E-state index contributed by atoms with van der Waals surface area (Å²) in [7, 11) is 1.94. The van der Waals surface area contributed by atoms with Gasteiger partial charge in [0.25, 0.3) is 0 Å². The van der Waals surface area contributed by atoms with Crippen molar-refractivity contribution < 1.29 is 0 Å². The predicted molar refractivity (Wildman–Crippen MR) is 80.4 cm³/mol. The van der Waals surface area contributed by atoms with Crippen LogP contribution in [-0.2, 0) is 0 Å². The van der Waals surface area contributed by atoms with Crippen molar-refractivity contribution in [1.29, 1.82) is 0 Å². The second-order valence-corrected chi connectivity index (χ2v) is 6.96. The molecule has 0 aromatic rings. The summed E-state index contributed by atoms with van der Waals surface area (Å²) in [6.45, 7) is 3.60. The number of hydrogen-bond donors (Lipinski definition) is 1. The molecular formula is C16H29N3. The quantitative estimate of drug-likeness (QED) is 0.612. The first-order valence-electron chi connectivity index (χ1n) is 8.27. The van der Waals surface area contributed by atoms with Crippen LogP contribution in [0.2, 0.25) is 0 Å². The van der Waals surface area contributed by atoms with Crippen molar-refractivity contribution >= 4 is 5.96 Å². The van der Waals surface area contributed by atoms with Gasteiger partial charge in [-0.1, -0.05) is 25.7 Å². The van der Waals surface area contributed by atoms with Gasteiger partial charge in [0, 0.05) is 26.7 Å². The molecule has 0 bridgehead atoms. The third-order valence-electron chi connectivity index (χ3n) is 5.64. The van der Waals surface area contributed by atoms with Gasteiger partial charge in [-0.2, -0.15) is 0 Å². The number of nitrogens with one attached hydrogen (secondary N) is 1. The molecule has 1 N–H and O–H groups in total. The van der Waals surface area contributed by atoms with E-state index in [1.807, 2.05) is 7.05 Å². The predicted octanol–water partition coefficient (Wildman–Crippen LogP) is 3.02. The summed E-state index contributed by atoms with van der Waals surface area (Å²) in [4.78, 5) is 7.03. The van der Waals surface area contributed by atoms with Crippen LogP contribution < -0.4 is 5.32 Å². The van der Waals surface area contributed by atoms with Crippen molar-refractivity contribution in [3.05, 3.63) is 0 Å². The molecule has 0 radical (unpaired) electrons. The van der Waals surface area contributed by atoms with Crippen LogP contribution in [0, 0.1) is 11.3 Å². The van der Waals surface area contributed by atoms with E-state index in [0.717, 1.165) is 18.4 Å². The van der Waals surface area contributed by atoms with Crippen molar-refractivity contribution in [2.75, 3.05) is 26.7 Å². The van der Waals surface area contributed by atoms with Gasteiger partial charge in [0.2, 0.25) is 0 Å². The Balaban J connectivity index is 1.52. The second-order valence-electron chi connectivity index (χ2n) is 6.96. The Kier molecular flexibility index (Phi) is 3.99. The topological polar surface area (TPSA) is 27.6 Å². The van der Waals surface area contributed by atoms with E-state index in [4.69, 9.17) is 0 Å². The van der Waals surface area contributed by atoms with Crippen LogP contribution in [-0.4, -0.2) is 37.5 Å². The van der Waals surface area contributed by atoms with Crippen molar-refractivity contribution in [2.45, 2.75) is 57.8 Å². The SMILES string of the molecule is CN=C(NCC1CCC1)N1CCC2(CCCCC2)C1. The van der Waals surface area contributed by atoms with E-state index >= 15 is 0 Å². The Morgan fingerprint density at radius 1 is 1.16 bits per heavy atom. The fraction of sp³-hybridized carbons (Fsp3) is 0.938. The lowest BCUT2D eigenvalue weighted by Gasteiger charge is -2.34. The van der Waals surface area contributed by atoms with Crippen molar-refractivity contribution in [1.82, 2.24) is 10.2 Å². The molecule has 19 heavy (non-hydrogen) atoms. The smallest absolute Gasteiger partial charge is 0.193 e. The molecule has 0 amide bonds. The highest BCUT2D eigenvalue weighted by Crippen LogP contribution is 2.43. The lowest BCUT2D eigenvalue weighted by molar-refractivity contribution is 0.203. The third kappa shape index (κ3) is 2.90. The van der Waals surface area contributed by atoms with E-state index < -0.39 is 0 Å². The number of likely N-dealkylation sites (tertiary alicyclic amines) is 1. The maximum Gasteiger partial charge on any atom is 0.193 e. The third-order valence-corrected chi connectivity index (χ3v) is 5.64. The zero-order valence-electron chi connectivity index (χ0n) is 12.5. The van der Waals surface area contributed by atoms with Crippen LogP contribution in [0.3, 0.4) is 0 Å². The maximum atomic E-state index is 4.51. The fourth-order valence-electron chi connectivity index (χ4n) is 4.09. The van der Waals surface area contributed by atoms with E-state index in [1.54, 1.807) is 0 Å². The lowest BCUT2D eigenvalue weighted by Crippen LogP contribution is -2.44. The molecule has 0 aromatic heterocycles. The highest BCUT2D eigenvalue weighted by atomic mass is 15.3. The van der Waals surface area contributed by atoms with Crippen LogP contribution in [0.1, 0.15) is 57.8 Å². The molecule has 1 aliphatic heterocycles. The number of nitrogens with zero attached hydrogens (tertiary/aromatic N) is 2. The molecule has 1 heterocycles. The van der Waals surface area contributed by atoms with E-state index in [9.17, 15) is 0 Å². The van der Waals surface area contributed by atoms with Gasteiger partial charge in [0.1, 0.15) is 0 Å². The Morgan fingerprint density at radius 2 is 1.95 bits per heavy atom. The van der Waals surface area contributed by atoms with Crippen molar-refractivity contribution in [2.24, 2.45) is 16.3 Å². The number of hydrogen-bond acceptors (Lipinski definition) is 1. The van der Waals surface area contributed by atoms with E-state index in [1.165, 1.54) is 70.9 Å². The van der Waals surface area contributed by atoms with Gasteiger partial charge in [-0.3, -0.25) is 4.99 Å². The van der Waals surface area contributed by atoms with Gasteiger partial charge in [0.05, 0.1) is 0 Å². The Labute approximate surface area is 117 Å². The number of guanidine groups is 1. The minimum absolute atomic E-state index is 0.631. The average molecular weight is 263 g/mol. The largest absolute Gasteiger partial charge is 0.356 e. The minimum atomic E-state index is 0.631. The molecule has 108 valence electrons. The highest BCUT2D eigenvalue weighted by molar-refractivity contribution is 5.80. The monoisotopic (exact) mass is 263 g/mol. The molecule has 3 rings (SSSR count). The first-order chi connectivity index (χ1) is 9.31. The van der Waals surface area contributed by atoms with E-state index in [0.29, 0.717) is 5.41 Å². The molecule has 0 atom stereocenters. The van der Waals surface area contributed by atoms with Gasteiger partial charge in [-0.15, -0.1) is 0 Å². The first kappa shape index (κ1) is 13.3. The van der Waals surface area contributed by atoms with Crippen LogP contribution >= 0.6 is 0 Å². The molecule has 1 spiro atoms. The molecule has 0 unspecified atom stereocenters. The molecule has 2 aliphatic carbocycles. The summed E-state index contributed by atoms with van der Waals surface area (Å²) in [6.07, 6.45) is 12.9. The summed E-state index contributed by atoms with van der Waals surface area (Å²) in [6, 6.07) is 0.